The molecule has 2 aromatic rings. The van der Waals surface area contributed by atoms with Crippen LogP contribution in [0.15, 0.2) is 30.3 Å². The number of piperidine rings is 1. The van der Waals surface area contributed by atoms with Gasteiger partial charge in [0.2, 0.25) is 0 Å². The third kappa shape index (κ3) is 5.14. The van der Waals surface area contributed by atoms with E-state index in [9.17, 15) is 23.1 Å². The van der Waals surface area contributed by atoms with Crippen LogP contribution in [-0.4, -0.2) is 49.9 Å². The zero-order valence-corrected chi connectivity index (χ0v) is 19.2. The third-order valence-electron chi connectivity index (χ3n) is 5.81. The van der Waals surface area contributed by atoms with Crippen LogP contribution in [0.5, 0.6) is 17.2 Å². The van der Waals surface area contributed by atoms with E-state index in [0.29, 0.717) is 48.6 Å². The lowest BCUT2D eigenvalue weighted by molar-refractivity contribution is -0.145. The predicted molar refractivity (Wildman–Crippen MR) is 116 cm³/mol. The average Bonchev–Trinajstić information content (AvgIpc) is 2.79. The topological polar surface area (TPSA) is 68.2 Å². The van der Waals surface area contributed by atoms with E-state index in [4.69, 9.17) is 25.8 Å². The fraction of sp³-hybridized carbons (Fsp3) is 0.435. The molecule has 1 heterocycles. The van der Waals surface area contributed by atoms with Crippen molar-refractivity contribution in [3.8, 4) is 17.2 Å². The molecule has 0 amide bonds. The number of hydrogen-bond donors (Lipinski definition) is 1. The number of carboxylic acids is 1. The molecule has 1 aliphatic rings. The summed E-state index contributed by atoms with van der Waals surface area (Å²) in [6.45, 7) is 0.353. The molecule has 2 unspecified atom stereocenters. The average molecular weight is 488 g/mol. The quantitative estimate of drug-likeness (QED) is 0.563. The first kappa shape index (κ1) is 25.0. The highest BCUT2D eigenvalue weighted by molar-refractivity contribution is 6.31. The molecule has 0 aliphatic carbocycles. The van der Waals surface area contributed by atoms with Gasteiger partial charge in [0.1, 0.15) is 11.8 Å². The van der Waals surface area contributed by atoms with Gasteiger partial charge in [0.25, 0.3) is 0 Å². The Hall–Kier alpha value is -2.65. The lowest BCUT2D eigenvalue weighted by Crippen LogP contribution is -2.47. The molecule has 1 fully saturated rings. The molecule has 180 valence electrons. The summed E-state index contributed by atoms with van der Waals surface area (Å²) < 4.78 is 57.0. The number of methoxy groups -OCH3 is 3. The molecular weight excluding hydrogens is 463 g/mol. The van der Waals surface area contributed by atoms with E-state index in [2.05, 4.69) is 0 Å². The van der Waals surface area contributed by atoms with Crippen LogP contribution in [0.4, 0.5) is 13.2 Å². The molecule has 1 N–H and O–H groups in total. The second-order valence-corrected chi connectivity index (χ2v) is 8.08. The second-order valence-electron chi connectivity index (χ2n) is 7.67. The Morgan fingerprint density at radius 2 is 1.67 bits per heavy atom. The molecule has 0 radical (unpaired) electrons. The van der Waals surface area contributed by atoms with Gasteiger partial charge in [-0.15, -0.1) is 0 Å². The van der Waals surface area contributed by atoms with Crippen LogP contribution in [-0.2, 0) is 11.0 Å². The molecule has 0 spiro atoms. The van der Waals surface area contributed by atoms with Crippen LogP contribution in [0, 0.1) is 0 Å². The van der Waals surface area contributed by atoms with E-state index in [-0.39, 0.29) is 10.6 Å². The first-order chi connectivity index (χ1) is 15.6. The van der Waals surface area contributed by atoms with Gasteiger partial charge in [-0.2, -0.15) is 13.2 Å². The molecule has 2 aromatic carbocycles. The maximum atomic E-state index is 13.6. The highest BCUT2D eigenvalue weighted by Gasteiger charge is 2.39. The van der Waals surface area contributed by atoms with Gasteiger partial charge in [-0.05, 0) is 49.2 Å². The van der Waals surface area contributed by atoms with Crippen molar-refractivity contribution in [2.24, 2.45) is 0 Å². The summed E-state index contributed by atoms with van der Waals surface area (Å²) in [6, 6.07) is 4.35. The minimum atomic E-state index is -4.60. The highest BCUT2D eigenvalue weighted by Crippen LogP contribution is 2.46. The fourth-order valence-electron chi connectivity index (χ4n) is 4.25. The standard InChI is InChI=1S/C23H25ClF3NO5/c1-31-18-12-20(33-3)19(32-2)11-15(18)21(28-9-5-4-6-17(28)22(29)30)14-10-13(23(25,26)27)7-8-16(14)24/h7-8,10-12,17,21H,4-6,9H2,1-3H3,(H,29,30). The molecule has 0 bridgehead atoms. The van der Waals surface area contributed by atoms with Gasteiger partial charge in [-0.1, -0.05) is 18.0 Å². The van der Waals surface area contributed by atoms with E-state index in [0.717, 1.165) is 12.1 Å². The maximum Gasteiger partial charge on any atom is 0.416 e. The Morgan fingerprint density at radius 3 is 2.24 bits per heavy atom. The van der Waals surface area contributed by atoms with Crippen LogP contribution < -0.4 is 14.2 Å². The van der Waals surface area contributed by atoms with Crippen molar-refractivity contribution < 1.29 is 37.3 Å². The number of carbonyl (C=O) groups is 1. The first-order valence-electron chi connectivity index (χ1n) is 10.3. The number of likely N-dealkylation sites (tertiary alicyclic amines) is 1. The molecule has 0 saturated carbocycles. The zero-order chi connectivity index (χ0) is 24.3. The fourth-order valence-corrected chi connectivity index (χ4v) is 4.47. The number of carboxylic acid groups (broad SMARTS) is 1. The lowest BCUT2D eigenvalue weighted by Gasteiger charge is -2.40. The largest absolute Gasteiger partial charge is 0.496 e. The van der Waals surface area contributed by atoms with Gasteiger partial charge < -0.3 is 19.3 Å². The molecule has 6 nitrogen and oxygen atoms in total. The molecule has 3 rings (SSSR count). The molecule has 0 aromatic heterocycles. The molecule has 33 heavy (non-hydrogen) atoms. The van der Waals surface area contributed by atoms with E-state index in [1.54, 1.807) is 17.0 Å². The Kier molecular flexibility index (Phi) is 7.64. The number of hydrogen-bond acceptors (Lipinski definition) is 5. The molecule has 10 heteroatoms. The molecule has 1 saturated heterocycles. The Morgan fingerprint density at radius 1 is 1.03 bits per heavy atom. The van der Waals surface area contributed by atoms with Crippen molar-refractivity contribution in [3.05, 3.63) is 52.0 Å². The van der Waals surface area contributed by atoms with Crippen LogP contribution in [0.3, 0.4) is 0 Å². The molecule has 2 atom stereocenters. The minimum Gasteiger partial charge on any atom is -0.496 e. The first-order valence-corrected chi connectivity index (χ1v) is 10.6. The number of aliphatic carboxylic acids is 1. The van der Waals surface area contributed by atoms with Crippen molar-refractivity contribution in [1.82, 2.24) is 4.90 Å². The number of ether oxygens (including phenoxy) is 3. The number of rotatable bonds is 7. The van der Waals surface area contributed by atoms with Crippen LogP contribution in [0.2, 0.25) is 5.02 Å². The van der Waals surface area contributed by atoms with E-state index < -0.39 is 29.8 Å². The summed E-state index contributed by atoms with van der Waals surface area (Å²) in [7, 11) is 4.30. The van der Waals surface area contributed by atoms with E-state index >= 15 is 0 Å². The third-order valence-corrected chi connectivity index (χ3v) is 6.15. The van der Waals surface area contributed by atoms with E-state index in [1.807, 2.05) is 0 Å². The van der Waals surface area contributed by atoms with Crippen molar-refractivity contribution in [3.63, 3.8) is 0 Å². The second kappa shape index (κ2) is 10.1. The minimum absolute atomic E-state index is 0.0829. The van der Waals surface area contributed by atoms with Gasteiger partial charge >= 0.3 is 12.1 Å². The maximum absolute atomic E-state index is 13.6. The normalized spacial score (nSPS) is 18.0. The molecule has 1 aliphatic heterocycles. The van der Waals surface area contributed by atoms with E-state index in [1.165, 1.54) is 27.4 Å². The van der Waals surface area contributed by atoms with Gasteiger partial charge in [-0.25, -0.2) is 0 Å². The summed E-state index contributed by atoms with van der Waals surface area (Å²) >= 11 is 6.43. The lowest BCUT2D eigenvalue weighted by atomic mass is 9.90. The number of alkyl halides is 3. The van der Waals surface area contributed by atoms with Crippen molar-refractivity contribution in [1.29, 1.82) is 0 Å². The predicted octanol–water partition coefficient (Wildman–Crippen LogP) is 5.41. The Balaban J connectivity index is 2.31. The van der Waals surface area contributed by atoms with Crippen molar-refractivity contribution in [2.75, 3.05) is 27.9 Å². The number of halogens is 4. The summed E-state index contributed by atoms with van der Waals surface area (Å²) in [5, 5.41) is 9.97. The summed E-state index contributed by atoms with van der Waals surface area (Å²) in [5.41, 5.74) is -0.329. The highest BCUT2D eigenvalue weighted by atomic mass is 35.5. The van der Waals surface area contributed by atoms with Crippen molar-refractivity contribution >= 4 is 17.6 Å². The van der Waals surface area contributed by atoms with Crippen LogP contribution >= 0.6 is 11.6 Å². The Labute approximate surface area is 194 Å². The number of benzene rings is 2. The van der Waals surface area contributed by atoms with Gasteiger partial charge in [0.15, 0.2) is 11.5 Å². The van der Waals surface area contributed by atoms with Gasteiger partial charge in [0, 0.05) is 16.7 Å². The van der Waals surface area contributed by atoms with Crippen LogP contribution in [0.25, 0.3) is 0 Å². The van der Waals surface area contributed by atoms with Crippen LogP contribution in [0.1, 0.15) is 42.0 Å². The summed E-state index contributed by atoms with van der Waals surface area (Å²) in [6.07, 6.45) is -2.86. The van der Waals surface area contributed by atoms with Gasteiger partial charge in [-0.3, -0.25) is 9.69 Å². The Bertz CT molecular complexity index is 1010. The van der Waals surface area contributed by atoms with Crippen molar-refractivity contribution in [2.45, 2.75) is 37.5 Å². The SMILES string of the molecule is COc1cc(OC)c(C(c2cc(C(F)(F)F)ccc2Cl)N2CCCCC2C(=O)O)cc1OC. The monoisotopic (exact) mass is 487 g/mol. The zero-order valence-electron chi connectivity index (χ0n) is 18.4. The summed E-state index contributed by atoms with van der Waals surface area (Å²) in [4.78, 5) is 13.8. The van der Waals surface area contributed by atoms with Gasteiger partial charge in [0.05, 0.1) is 32.9 Å². The summed E-state index contributed by atoms with van der Waals surface area (Å²) in [5.74, 6) is -0.0613. The number of nitrogens with zero attached hydrogens (tertiary/aromatic N) is 1. The smallest absolute Gasteiger partial charge is 0.416 e. The molecular formula is C23H25ClF3NO5.